The smallest absolute Gasteiger partial charge is 0.258 e. The fourth-order valence-corrected chi connectivity index (χ4v) is 3.01. The molecule has 0 radical (unpaired) electrons. The molecule has 0 spiro atoms. The maximum absolute atomic E-state index is 14.4. The van der Waals surface area contributed by atoms with Gasteiger partial charge in [0.1, 0.15) is 22.9 Å². The van der Waals surface area contributed by atoms with E-state index in [9.17, 15) is 35.9 Å². The Balaban J connectivity index is 2.29. The molecule has 31 heavy (non-hydrogen) atoms. The van der Waals surface area contributed by atoms with Crippen molar-refractivity contribution in [2.24, 2.45) is 0 Å². The summed E-state index contributed by atoms with van der Waals surface area (Å²) in [6.45, 7) is -1.18. The molecule has 5 nitrogen and oxygen atoms in total. The van der Waals surface area contributed by atoms with Gasteiger partial charge in [0.05, 0.1) is 18.1 Å². The first-order chi connectivity index (χ1) is 14.6. The molecule has 0 bridgehead atoms. The number of amides is 1. The molecule has 0 aliphatic rings. The molecule has 1 aromatic carbocycles. The van der Waals surface area contributed by atoms with Crippen LogP contribution in [0.15, 0.2) is 35.3 Å². The van der Waals surface area contributed by atoms with Gasteiger partial charge in [-0.3, -0.25) is 18.5 Å². The molecule has 1 N–H and O–H groups in total. The molecule has 1 amide bonds. The van der Waals surface area contributed by atoms with Crippen molar-refractivity contribution >= 4 is 28.5 Å². The van der Waals surface area contributed by atoms with Gasteiger partial charge >= 0.3 is 0 Å². The van der Waals surface area contributed by atoms with Crippen molar-refractivity contribution in [2.75, 3.05) is 6.67 Å². The fourth-order valence-electron chi connectivity index (χ4n) is 2.88. The second-order valence-electron chi connectivity index (χ2n) is 6.34. The predicted octanol–water partition coefficient (Wildman–Crippen LogP) is 4.18. The molecule has 0 unspecified atom stereocenters. The average molecular weight is 464 g/mol. The van der Waals surface area contributed by atoms with Crippen molar-refractivity contribution in [1.82, 2.24) is 14.9 Å². The van der Waals surface area contributed by atoms with Gasteiger partial charge in [0.25, 0.3) is 12.3 Å². The number of halogens is 7. The lowest BCUT2D eigenvalue weighted by Crippen LogP contribution is -2.42. The van der Waals surface area contributed by atoms with E-state index >= 15 is 0 Å². The summed E-state index contributed by atoms with van der Waals surface area (Å²) in [5, 5.41) is 0.504. The summed E-state index contributed by atoms with van der Waals surface area (Å²) in [6.07, 6.45) is -3.22. The largest absolute Gasteiger partial charge is 0.343 e. The second kappa shape index (κ2) is 8.96. The average Bonchev–Trinajstić information content (AvgIpc) is 2.70. The Morgan fingerprint density at radius 3 is 2.39 bits per heavy atom. The normalized spacial score (nSPS) is 12.4. The van der Waals surface area contributed by atoms with Crippen LogP contribution in [-0.2, 0) is 0 Å². The third-order valence-corrected chi connectivity index (χ3v) is 4.62. The van der Waals surface area contributed by atoms with E-state index in [2.05, 4.69) is 4.98 Å². The number of carbonyl (C=O) groups is 1. The summed E-state index contributed by atoms with van der Waals surface area (Å²) < 4.78 is 81.9. The second-order valence-corrected chi connectivity index (χ2v) is 6.69. The van der Waals surface area contributed by atoms with Gasteiger partial charge in [-0.1, -0.05) is 17.7 Å². The van der Waals surface area contributed by atoms with Gasteiger partial charge in [-0.25, -0.2) is 26.9 Å². The van der Waals surface area contributed by atoms with E-state index in [1.807, 2.05) is 0 Å². The van der Waals surface area contributed by atoms with Crippen LogP contribution in [0.1, 0.15) is 16.8 Å². The molecule has 0 saturated heterocycles. The Morgan fingerprint density at radius 2 is 1.81 bits per heavy atom. The Hall–Kier alpha value is -3.08. The molecular formula is C19H12ClF6N3O2. The van der Waals surface area contributed by atoms with Gasteiger partial charge in [-0.2, -0.15) is 0 Å². The molecule has 0 aliphatic heterocycles. The zero-order valence-corrected chi connectivity index (χ0v) is 16.1. The van der Waals surface area contributed by atoms with Crippen LogP contribution in [-0.4, -0.2) is 34.6 Å². The van der Waals surface area contributed by atoms with Crippen LogP contribution in [0, 0.1) is 17.5 Å². The Morgan fingerprint density at radius 1 is 1.16 bits per heavy atom. The maximum atomic E-state index is 14.4. The first-order valence-electron chi connectivity index (χ1n) is 8.66. The van der Waals surface area contributed by atoms with E-state index in [1.54, 1.807) is 5.32 Å². The number of rotatable bonds is 6. The summed E-state index contributed by atoms with van der Waals surface area (Å²) in [5.41, 5.74) is -3.25. The number of hydrogen-bond acceptors (Lipinski definition) is 3. The molecule has 0 saturated carbocycles. The fraction of sp³-hybridized carbons (Fsp3) is 0.211. The van der Waals surface area contributed by atoms with Crippen LogP contribution < -0.4 is 10.7 Å². The molecule has 2 aromatic heterocycles. The summed E-state index contributed by atoms with van der Waals surface area (Å²) in [4.78, 5) is 28.9. The van der Waals surface area contributed by atoms with E-state index < -0.39 is 81.8 Å². The summed E-state index contributed by atoms with van der Waals surface area (Å²) >= 11 is 5.63. The molecule has 12 heteroatoms. The Bertz CT molecular complexity index is 1200. The zero-order chi connectivity index (χ0) is 22.9. The number of nitrogens with zero attached hydrogens (tertiary/aromatic N) is 2. The minimum absolute atomic E-state index is 0.480. The van der Waals surface area contributed by atoms with Crippen LogP contribution in [0.5, 0.6) is 0 Å². The van der Waals surface area contributed by atoms with Crippen molar-refractivity contribution in [2.45, 2.75) is 18.9 Å². The van der Waals surface area contributed by atoms with Gasteiger partial charge in [0, 0.05) is 12.6 Å². The summed E-state index contributed by atoms with van der Waals surface area (Å²) in [6, 6.07) is 1.48. The summed E-state index contributed by atoms with van der Waals surface area (Å²) in [5.74, 6) is -4.78. The number of pyridine rings is 2. The van der Waals surface area contributed by atoms with E-state index in [4.69, 9.17) is 11.6 Å². The van der Waals surface area contributed by atoms with E-state index in [0.717, 1.165) is 18.2 Å². The highest BCUT2D eigenvalue weighted by Gasteiger charge is 2.26. The monoisotopic (exact) mass is 463 g/mol. The topological polar surface area (TPSA) is 64.0 Å². The van der Waals surface area contributed by atoms with Crippen LogP contribution in [0.25, 0.3) is 16.7 Å². The number of hydrogen-bond donors (Lipinski definition) is 1. The number of fused-ring (bicyclic) bond motifs is 1. The number of alkyl halides is 3. The number of aromatic nitrogens is 2. The number of nitrogens with one attached hydrogen (secondary N) is 1. The third kappa shape index (κ3) is 4.36. The van der Waals surface area contributed by atoms with E-state index in [1.165, 1.54) is 0 Å². The lowest BCUT2D eigenvalue weighted by Gasteiger charge is -2.18. The first kappa shape index (κ1) is 22.6. The van der Waals surface area contributed by atoms with Gasteiger partial charge in [0.15, 0.2) is 16.6 Å². The Labute approximate surface area is 175 Å². The number of carbonyl (C=O) groups excluding carboxylic acids is 1. The Kier molecular flexibility index (Phi) is 6.54. The van der Waals surface area contributed by atoms with Crippen molar-refractivity contribution in [3.05, 3.63) is 68.9 Å². The van der Waals surface area contributed by atoms with E-state index in [-0.39, 0.29) is 0 Å². The molecule has 3 rings (SSSR count). The zero-order valence-electron chi connectivity index (χ0n) is 15.3. The van der Waals surface area contributed by atoms with Crippen LogP contribution in [0.2, 0.25) is 5.15 Å². The van der Waals surface area contributed by atoms with Crippen molar-refractivity contribution in [3.63, 3.8) is 0 Å². The van der Waals surface area contributed by atoms with Crippen molar-refractivity contribution < 1.29 is 31.1 Å². The minimum atomic E-state index is -3.15. The molecule has 164 valence electrons. The lowest BCUT2D eigenvalue weighted by atomic mass is 10.1. The maximum Gasteiger partial charge on any atom is 0.258 e. The number of para-hydroxylation sites is 1. The molecule has 3 aromatic rings. The number of benzene rings is 1. The highest BCUT2D eigenvalue weighted by Crippen LogP contribution is 2.24. The molecule has 2 heterocycles. The van der Waals surface area contributed by atoms with Crippen molar-refractivity contribution in [3.8, 4) is 5.69 Å². The standard InChI is InChI=1S/C19H12ClF6N3O2/c20-16-12(24)6-8-15(30)9(19(31)27-13(4-5-21)17(25)26)7-29(18(8)28-16)14-10(22)2-1-3-11(14)23/h1-3,6-7,13,17H,4-5H2,(H,27,31)/t13-/m0/s1. The molecular weight excluding hydrogens is 452 g/mol. The SMILES string of the molecule is O=C(N[C@@H](CCF)C(F)F)c1cn(-c2c(F)cccc2F)c2nc(Cl)c(F)cc2c1=O. The quantitative estimate of drug-likeness (QED) is 0.441. The minimum Gasteiger partial charge on any atom is -0.343 e. The van der Waals surface area contributed by atoms with Gasteiger partial charge in [-0.15, -0.1) is 0 Å². The van der Waals surface area contributed by atoms with Crippen molar-refractivity contribution in [1.29, 1.82) is 0 Å². The van der Waals surface area contributed by atoms with Gasteiger partial charge < -0.3 is 5.32 Å². The highest BCUT2D eigenvalue weighted by atomic mass is 35.5. The lowest BCUT2D eigenvalue weighted by molar-refractivity contribution is 0.0708. The van der Waals surface area contributed by atoms with Crippen LogP contribution >= 0.6 is 11.6 Å². The third-order valence-electron chi connectivity index (χ3n) is 4.35. The van der Waals surface area contributed by atoms with Crippen LogP contribution in [0.4, 0.5) is 26.3 Å². The first-order valence-corrected chi connectivity index (χ1v) is 9.04. The highest BCUT2D eigenvalue weighted by molar-refractivity contribution is 6.29. The molecule has 0 fully saturated rings. The van der Waals surface area contributed by atoms with E-state index in [0.29, 0.717) is 16.8 Å². The van der Waals surface area contributed by atoms with Gasteiger partial charge in [-0.05, 0) is 18.2 Å². The summed E-state index contributed by atoms with van der Waals surface area (Å²) in [7, 11) is 0. The molecule has 1 atom stereocenters. The van der Waals surface area contributed by atoms with Gasteiger partial charge in [0.2, 0.25) is 5.43 Å². The molecule has 0 aliphatic carbocycles. The predicted molar refractivity (Wildman–Crippen MR) is 100 cm³/mol. The van der Waals surface area contributed by atoms with Crippen LogP contribution in [0.3, 0.4) is 0 Å².